The molecule has 2 aromatic rings. The molecule has 1 aliphatic heterocycles. The molecule has 2 amide bonds. The second-order valence-electron chi connectivity index (χ2n) is 4.99. The number of piperidine rings is 1. The van der Waals surface area contributed by atoms with Crippen LogP contribution >= 0.6 is 0 Å². The van der Waals surface area contributed by atoms with E-state index in [4.69, 9.17) is 0 Å². The van der Waals surface area contributed by atoms with Crippen molar-refractivity contribution in [3.8, 4) is 0 Å². The van der Waals surface area contributed by atoms with Crippen LogP contribution in [0.2, 0.25) is 0 Å². The zero-order valence-corrected chi connectivity index (χ0v) is 11.4. The SMILES string of the molecule is CNc1ccc2c(C3CCC(=O)NC3=O)nn(C)c2c1. The van der Waals surface area contributed by atoms with Crippen molar-refractivity contribution in [2.45, 2.75) is 18.8 Å². The number of hydrogen-bond acceptors (Lipinski definition) is 4. The molecule has 0 saturated carbocycles. The molecule has 1 aromatic heterocycles. The first kappa shape index (κ1) is 12.7. The normalized spacial score (nSPS) is 19.2. The minimum atomic E-state index is -0.350. The summed E-state index contributed by atoms with van der Waals surface area (Å²) in [5.41, 5.74) is 2.71. The van der Waals surface area contributed by atoms with Crippen molar-refractivity contribution in [3.05, 3.63) is 23.9 Å². The molecule has 1 fully saturated rings. The number of amides is 2. The first-order valence-electron chi connectivity index (χ1n) is 6.58. The second kappa shape index (κ2) is 4.63. The van der Waals surface area contributed by atoms with Gasteiger partial charge in [-0.2, -0.15) is 5.10 Å². The van der Waals surface area contributed by atoms with Crippen molar-refractivity contribution in [1.29, 1.82) is 0 Å². The molecule has 0 bridgehead atoms. The highest BCUT2D eigenvalue weighted by atomic mass is 16.2. The van der Waals surface area contributed by atoms with Crippen molar-refractivity contribution >= 4 is 28.4 Å². The maximum atomic E-state index is 12.0. The summed E-state index contributed by atoms with van der Waals surface area (Å²) in [5.74, 6) is -0.806. The number of aryl methyl sites for hydroxylation is 1. The summed E-state index contributed by atoms with van der Waals surface area (Å²) in [6.45, 7) is 0. The fraction of sp³-hybridized carbons (Fsp3) is 0.357. The number of aromatic nitrogens is 2. The molecule has 1 unspecified atom stereocenters. The second-order valence-corrected chi connectivity index (χ2v) is 4.99. The van der Waals surface area contributed by atoms with Crippen molar-refractivity contribution in [2.24, 2.45) is 7.05 Å². The molecule has 2 heterocycles. The van der Waals surface area contributed by atoms with Crippen molar-refractivity contribution in [3.63, 3.8) is 0 Å². The summed E-state index contributed by atoms with van der Waals surface area (Å²) < 4.78 is 1.77. The molecule has 0 spiro atoms. The lowest BCUT2D eigenvalue weighted by molar-refractivity contribution is -0.134. The third-order valence-corrected chi connectivity index (χ3v) is 3.74. The van der Waals surface area contributed by atoms with E-state index >= 15 is 0 Å². The molecule has 20 heavy (non-hydrogen) atoms. The highest BCUT2D eigenvalue weighted by molar-refractivity contribution is 6.02. The Kier molecular flexibility index (Phi) is 2.93. The number of anilines is 1. The van der Waals surface area contributed by atoms with Gasteiger partial charge in [-0.3, -0.25) is 19.6 Å². The lowest BCUT2D eigenvalue weighted by atomic mass is 9.93. The van der Waals surface area contributed by atoms with E-state index in [1.807, 2.05) is 32.3 Å². The largest absolute Gasteiger partial charge is 0.388 e. The van der Waals surface area contributed by atoms with Crippen LogP contribution in [0.15, 0.2) is 18.2 Å². The van der Waals surface area contributed by atoms with Gasteiger partial charge in [-0.1, -0.05) is 0 Å². The number of nitrogens with zero attached hydrogens (tertiary/aromatic N) is 2. The molecule has 1 aromatic carbocycles. The van der Waals surface area contributed by atoms with Gasteiger partial charge in [0.15, 0.2) is 0 Å². The van der Waals surface area contributed by atoms with Crippen LogP contribution in [-0.2, 0) is 16.6 Å². The first-order valence-corrected chi connectivity index (χ1v) is 6.58. The van der Waals surface area contributed by atoms with Crippen molar-refractivity contribution in [1.82, 2.24) is 15.1 Å². The monoisotopic (exact) mass is 272 g/mol. The predicted molar refractivity (Wildman–Crippen MR) is 75.4 cm³/mol. The van der Waals surface area contributed by atoms with Gasteiger partial charge in [0.1, 0.15) is 0 Å². The number of rotatable bonds is 2. The fourth-order valence-electron chi connectivity index (χ4n) is 2.65. The minimum absolute atomic E-state index is 0.205. The van der Waals surface area contributed by atoms with Gasteiger partial charge in [0.25, 0.3) is 0 Å². The number of nitrogens with one attached hydrogen (secondary N) is 2. The molecular formula is C14H16N4O2. The van der Waals surface area contributed by atoms with Crippen molar-refractivity contribution < 1.29 is 9.59 Å². The van der Waals surface area contributed by atoms with Gasteiger partial charge in [-0.05, 0) is 24.6 Å². The standard InChI is InChI=1S/C14H16N4O2/c1-15-8-3-4-9-11(7-8)18(2)17-13(9)10-5-6-12(19)16-14(10)20/h3-4,7,10,15H,5-6H2,1-2H3,(H,16,19,20). The van der Waals surface area contributed by atoms with Gasteiger partial charge < -0.3 is 5.32 Å². The highest BCUT2D eigenvalue weighted by Crippen LogP contribution is 2.31. The summed E-state index contributed by atoms with van der Waals surface area (Å²) in [4.78, 5) is 23.2. The molecule has 6 nitrogen and oxygen atoms in total. The third-order valence-electron chi connectivity index (χ3n) is 3.74. The third kappa shape index (κ3) is 1.93. The Balaban J connectivity index is 2.08. The Bertz CT molecular complexity index is 705. The highest BCUT2D eigenvalue weighted by Gasteiger charge is 2.31. The molecular weight excluding hydrogens is 256 g/mol. The Labute approximate surface area is 116 Å². The summed E-state index contributed by atoms with van der Waals surface area (Å²) in [6, 6.07) is 5.92. The van der Waals surface area contributed by atoms with E-state index in [0.29, 0.717) is 12.8 Å². The summed E-state index contributed by atoms with van der Waals surface area (Å²) in [7, 11) is 3.72. The molecule has 1 atom stereocenters. The van der Waals surface area contributed by atoms with E-state index in [2.05, 4.69) is 15.7 Å². The molecule has 1 aliphatic rings. The fourth-order valence-corrected chi connectivity index (χ4v) is 2.65. The number of carbonyl (C=O) groups excluding carboxylic acids is 2. The van der Waals surface area contributed by atoms with Crippen LogP contribution in [0, 0.1) is 0 Å². The smallest absolute Gasteiger partial charge is 0.235 e. The Morgan fingerprint density at radius 2 is 2.20 bits per heavy atom. The van der Waals surface area contributed by atoms with Crippen molar-refractivity contribution in [2.75, 3.05) is 12.4 Å². The molecule has 2 N–H and O–H groups in total. The Morgan fingerprint density at radius 1 is 1.40 bits per heavy atom. The number of hydrogen-bond donors (Lipinski definition) is 2. The quantitative estimate of drug-likeness (QED) is 0.804. The zero-order valence-electron chi connectivity index (χ0n) is 11.4. The zero-order chi connectivity index (χ0) is 14.3. The van der Waals surface area contributed by atoms with Gasteiger partial charge in [-0.25, -0.2) is 0 Å². The van der Waals surface area contributed by atoms with Gasteiger partial charge in [-0.15, -0.1) is 0 Å². The Hall–Kier alpha value is -2.37. The van der Waals surface area contributed by atoms with Gasteiger partial charge in [0.2, 0.25) is 11.8 Å². The summed E-state index contributed by atoms with van der Waals surface area (Å²) in [5, 5.41) is 10.9. The van der Waals surface area contributed by atoms with Crippen LogP contribution in [0.1, 0.15) is 24.5 Å². The van der Waals surface area contributed by atoms with E-state index < -0.39 is 0 Å². The van der Waals surface area contributed by atoms with E-state index in [1.165, 1.54) is 0 Å². The predicted octanol–water partition coefficient (Wildman–Crippen LogP) is 1.14. The Morgan fingerprint density at radius 3 is 2.90 bits per heavy atom. The number of imide groups is 1. The van der Waals surface area contributed by atoms with E-state index in [1.54, 1.807) is 4.68 Å². The van der Waals surface area contributed by atoms with E-state index in [-0.39, 0.29) is 17.7 Å². The van der Waals surface area contributed by atoms with E-state index in [9.17, 15) is 9.59 Å². The summed E-state index contributed by atoms with van der Waals surface area (Å²) in [6.07, 6.45) is 0.883. The van der Waals surface area contributed by atoms with Crippen LogP contribution in [0.4, 0.5) is 5.69 Å². The van der Waals surface area contributed by atoms with Crippen LogP contribution in [-0.4, -0.2) is 28.6 Å². The number of benzene rings is 1. The van der Waals surface area contributed by atoms with Gasteiger partial charge in [0, 0.05) is 31.6 Å². The molecule has 0 radical (unpaired) electrons. The molecule has 104 valence electrons. The average Bonchev–Trinajstić information content (AvgIpc) is 2.75. The molecule has 0 aliphatic carbocycles. The molecule has 1 saturated heterocycles. The van der Waals surface area contributed by atoms with Crippen LogP contribution in [0.5, 0.6) is 0 Å². The molecule has 3 rings (SSSR count). The lowest BCUT2D eigenvalue weighted by Gasteiger charge is -2.19. The summed E-state index contributed by atoms with van der Waals surface area (Å²) >= 11 is 0. The van der Waals surface area contributed by atoms with Gasteiger partial charge >= 0.3 is 0 Å². The maximum Gasteiger partial charge on any atom is 0.235 e. The maximum absolute atomic E-state index is 12.0. The van der Waals surface area contributed by atoms with E-state index in [0.717, 1.165) is 22.3 Å². The van der Waals surface area contributed by atoms with Crippen LogP contribution < -0.4 is 10.6 Å². The first-order chi connectivity index (χ1) is 9.60. The van der Waals surface area contributed by atoms with Gasteiger partial charge in [0.05, 0.1) is 17.1 Å². The average molecular weight is 272 g/mol. The lowest BCUT2D eigenvalue weighted by Crippen LogP contribution is -2.39. The number of fused-ring (bicyclic) bond motifs is 1. The number of carbonyl (C=O) groups is 2. The minimum Gasteiger partial charge on any atom is -0.388 e. The van der Waals surface area contributed by atoms with Crippen LogP contribution in [0.25, 0.3) is 10.9 Å². The molecule has 6 heteroatoms. The van der Waals surface area contributed by atoms with Crippen LogP contribution in [0.3, 0.4) is 0 Å². The topological polar surface area (TPSA) is 76.0 Å².